The molecule has 1 N–H and O–H groups in total. The molecule has 4 nitrogen and oxygen atoms in total. The highest BCUT2D eigenvalue weighted by atomic mass is 32.1. The van der Waals surface area contributed by atoms with E-state index in [0.717, 1.165) is 33.9 Å². The van der Waals surface area contributed by atoms with Crippen LogP contribution in [0.4, 0.5) is 0 Å². The smallest absolute Gasteiger partial charge is 0.272 e. The van der Waals surface area contributed by atoms with Crippen molar-refractivity contribution >= 4 is 17.0 Å². The lowest BCUT2D eigenvalue weighted by atomic mass is 10.2. The molecule has 0 radical (unpaired) electrons. The first kappa shape index (κ1) is 11.2. The summed E-state index contributed by atoms with van der Waals surface area (Å²) in [5, 5.41) is 5.11. The fraction of sp³-hybridized carbons (Fsp3) is 0.231. The molecule has 3 aromatic rings. The van der Waals surface area contributed by atoms with Crippen LogP contribution in [0, 0.1) is 6.92 Å². The highest BCUT2D eigenvalue weighted by molar-refractivity contribution is 7.13. The summed E-state index contributed by atoms with van der Waals surface area (Å²) in [6.45, 7) is 3.97. The van der Waals surface area contributed by atoms with Crippen molar-refractivity contribution in [3.8, 4) is 10.4 Å². The van der Waals surface area contributed by atoms with E-state index in [1.165, 1.54) is 4.52 Å². The van der Waals surface area contributed by atoms with Crippen LogP contribution in [0.1, 0.15) is 18.3 Å². The van der Waals surface area contributed by atoms with Gasteiger partial charge in [-0.05, 0) is 24.8 Å². The minimum atomic E-state index is -0.0530. The van der Waals surface area contributed by atoms with Crippen molar-refractivity contribution in [2.45, 2.75) is 20.3 Å². The number of aryl methyl sites for hydroxylation is 2. The third-order valence-electron chi connectivity index (χ3n) is 2.98. The summed E-state index contributed by atoms with van der Waals surface area (Å²) in [5.74, 6) is 0. The number of H-pyrrole nitrogens is 1. The Morgan fingerprint density at radius 2 is 2.33 bits per heavy atom. The van der Waals surface area contributed by atoms with E-state index in [0.29, 0.717) is 0 Å². The van der Waals surface area contributed by atoms with Gasteiger partial charge in [-0.2, -0.15) is 0 Å². The number of aromatic nitrogens is 3. The van der Waals surface area contributed by atoms with E-state index in [-0.39, 0.29) is 5.56 Å². The van der Waals surface area contributed by atoms with E-state index in [1.54, 1.807) is 17.4 Å². The Kier molecular flexibility index (Phi) is 2.56. The van der Waals surface area contributed by atoms with Gasteiger partial charge in [-0.25, -0.2) is 9.50 Å². The zero-order chi connectivity index (χ0) is 12.7. The average Bonchev–Trinajstić information content (AvgIpc) is 2.95. The zero-order valence-electron chi connectivity index (χ0n) is 10.2. The lowest BCUT2D eigenvalue weighted by molar-refractivity contribution is 0.862. The van der Waals surface area contributed by atoms with Crippen LogP contribution < -0.4 is 5.56 Å². The SMILES string of the molecule is CCc1cc(=O)n2[nH]c(C)c(-c3cccs3)c2n1. The van der Waals surface area contributed by atoms with E-state index >= 15 is 0 Å². The molecule has 0 bridgehead atoms. The summed E-state index contributed by atoms with van der Waals surface area (Å²) >= 11 is 1.65. The number of thiophene rings is 1. The highest BCUT2D eigenvalue weighted by Crippen LogP contribution is 2.30. The zero-order valence-corrected chi connectivity index (χ0v) is 11.0. The first-order valence-corrected chi connectivity index (χ1v) is 6.73. The average molecular weight is 259 g/mol. The van der Waals surface area contributed by atoms with Crippen molar-refractivity contribution in [1.82, 2.24) is 14.6 Å². The van der Waals surface area contributed by atoms with Gasteiger partial charge in [0.25, 0.3) is 5.56 Å². The second-order valence-electron chi connectivity index (χ2n) is 4.19. The molecule has 0 saturated carbocycles. The summed E-state index contributed by atoms with van der Waals surface area (Å²) in [6.07, 6.45) is 0.764. The number of hydrogen-bond acceptors (Lipinski definition) is 3. The fourth-order valence-corrected chi connectivity index (χ4v) is 2.92. The molecule has 0 aliphatic heterocycles. The maximum atomic E-state index is 12.0. The molecule has 0 unspecified atom stereocenters. The van der Waals surface area contributed by atoms with Gasteiger partial charge in [0.05, 0.1) is 5.56 Å². The van der Waals surface area contributed by atoms with Gasteiger partial charge >= 0.3 is 0 Å². The topological polar surface area (TPSA) is 50.2 Å². The number of aromatic amines is 1. The minimum Gasteiger partial charge on any atom is -0.293 e. The molecule has 3 heterocycles. The quantitative estimate of drug-likeness (QED) is 0.769. The van der Waals surface area contributed by atoms with Gasteiger partial charge in [-0.1, -0.05) is 13.0 Å². The molecule has 0 amide bonds. The van der Waals surface area contributed by atoms with Crippen LogP contribution in [-0.2, 0) is 6.42 Å². The van der Waals surface area contributed by atoms with E-state index in [4.69, 9.17) is 0 Å². The molecular weight excluding hydrogens is 246 g/mol. The molecule has 0 aliphatic rings. The number of hydrogen-bond donors (Lipinski definition) is 1. The predicted octanol–water partition coefficient (Wildman–Crippen LogP) is 2.62. The fourth-order valence-electron chi connectivity index (χ4n) is 2.09. The van der Waals surface area contributed by atoms with Gasteiger partial charge in [0, 0.05) is 22.3 Å². The Hall–Kier alpha value is -1.88. The summed E-state index contributed by atoms with van der Waals surface area (Å²) in [7, 11) is 0. The summed E-state index contributed by atoms with van der Waals surface area (Å²) in [4.78, 5) is 17.7. The van der Waals surface area contributed by atoms with Gasteiger partial charge in [0.1, 0.15) is 0 Å². The molecule has 0 atom stereocenters. The lowest BCUT2D eigenvalue weighted by Gasteiger charge is -1.99. The van der Waals surface area contributed by atoms with Gasteiger partial charge in [0.15, 0.2) is 5.65 Å². The van der Waals surface area contributed by atoms with Crippen LogP contribution in [0.3, 0.4) is 0 Å². The molecule has 0 aromatic carbocycles. The Labute approximate surface area is 108 Å². The van der Waals surface area contributed by atoms with E-state index in [9.17, 15) is 4.79 Å². The summed E-state index contributed by atoms with van der Waals surface area (Å²) in [6, 6.07) is 5.64. The second-order valence-corrected chi connectivity index (χ2v) is 5.14. The maximum Gasteiger partial charge on any atom is 0.272 e. The Morgan fingerprint density at radius 1 is 1.50 bits per heavy atom. The van der Waals surface area contributed by atoms with Crippen LogP contribution in [0.25, 0.3) is 16.1 Å². The number of rotatable bonds is 2. The molecule has 0 aliphatic carbocycles. The first-order valence-electron chi connectivity index (χ1n) is 5.86. The van der Waals surface area contributed by atoms with Crippen LogP contribution in [0.5, 0.6) is 0 Å². The second kappa shape index (κ2) is 4.10. The van der Waals surface area contributed by atoms with Crippen LogP contribution >= 0.6 is 11.3 Å². The van der Waals surface area contributed by atoms with Crippen molar-refractivity contribution in [2.75, 3.05) is 0 Å². The lowest BCUT2D eigenvalue weighted by Crippen LogP contribution is -2.15. The van der Waals surface area contributed by atoms with Crippen molar-refractivity contribution in [2.24, 2.45) is 0 Å². The molecule has 92 valence electrons. The summed E-state index contributed by atoms with van der Waals surface area (Å²) in [5.41, 5.74) is 3.49. The standard InChI is InChI=1S/C13H13N3OS/c1-3-9-7-11(17)16-13(14-9)12(8(2)15-16)10-5-4-6-18-10/h4-7,15H,3H2,1-2H3. The number of nitrogens with one attached hydrogen (secondary N) is 1. The van der Waals surface area contributed by atoms with Gasteiger partial charge in [0.2, 0.25) is 0 Å². The molecule has 0 saturated heterocycles. The monoisotopic (exact) mass is 259 g/mol. The van der Waals surface area contributed by atoms with Crippen molar-refractivity contribution in [3.05, 3.63) is 45.3 Å². The van der Waals surface area contributed by atoms with Crippen molar-refractivity contribution in [1.29, 1.82) is 0 Å². The van der Waals surface area contributed by atoms with Crippen molar-refractivity contribution in [3.63, 3.8) is 0 Å². The molecule has 5 heteroatoms. The largest absolute Gasteiger partial charge is 0.293 e. The van der Waals surface area contributed by atoms with E-state index < -0.39 is 0 Å². The Balaban J connectivity index is 2.41. The van der Waals surface area contributed by atoms with Crippen LogP contribution in [-0.4, -0.2) is 14.6 Å². The predicted molar refractivity (Wildman–Crippen MR) is 73.2 cm³/mol. The molecule has 18 heavy (non-hydrogen) atoms. The van der Waals surface area contributed by atoms with E-state index in [2.05, 4.69) is 10.1 Å². The third kappa shape index (κ3) is 1.59. The first-order chi connectivity index (χ1) is 8.70. The maximum absolute atomic E-state index is 12.0. The van der Waals surface area contributed by atoms with Gasteiger partial charge in [-0.15, -0.1) is 11.3 Å². The van der Waals surface area contributed by atoms with Crippen molar-refractivity contribution < 1.29 is 0 Å². The molecule has 0 fully saturated rings. The highest BCUT2D eigenvalue weighted by Gasteiger charge is 2.14. The summed E-state index contributed by atoms with van der Waals surface area (Å²) < 4.78 is 1.52. The Morgan fingerprint density at radius 3 is 3.00 bits per heavy atom. The van der Waals surface area contributed by atoms with Gasteiger partial charge in [-0.3, -0.25) is 9.89 Å². The van der Waals surface area contributed by atoms with Crippen LogP contribution in [0.2, 0.25) is 0 Å². The van der Waals surface area contributed by atoms with Gasteiger partial charge < -0.3 is 0 Å². The van der Waals surface area contributed by atoms with Crippen LogP contribution in [0.15, 0.2) is 28.4 Å². The third-order valence-corrected chi connectivity index (χ3v) is 3.87. The number of fused-ring (bicyclic) bond motifs is 1. The molecule has 0 spiro atoms. The number of nitrogens with zero attached hydrogens (tertiary/aromatic N) is 2. The molecule has 3 rings (SSSR count). The normalized spacial score (nSPS) is 11.2. The van der Waals surface area contributed by atoms with E-state index in [1.807, 2.05) is 31.4 Å². The molecule has 3 aromatic heterocycles. The minimum absolute atomic E-state index is 0.0530. The molecular formula is C13H13N3OS. The Bertz CT molecular complexity index is 752.